The molecule has 0 N–H and O–H groups in total. The van der Waals surface area contributed by atoms with E-state index < -0.39 is 22.8 Å². The second-order valence-electron chi connectivity index (χ2n) is 11.9. The number of carbonyl (C=O) groups is 2. The van der Waals surface area contributed by atoms with Crippen LogP contribution in [0.15, 0.2) is 36.7 Å². The van der Waals surface area contributed by atoms with Crippen LogP contribution in [0.2, 0.25) is 5.02 Å². The Kier molecular flexibility index (Phi) is 4.99. The molecule has 2 unspecified atom stereocenters. The lowest BCUT2D eigenvalue weighted by Crippen LogP contribution is -2.64. The molecule has 1 aromatic carbocycles. The summed E-state index contributed by atoms with van der Waals surface area (Å²) in [5.41, 5.74) is 1.89. The number of aromatic nitrogens is 3. The average Bonchev–Trinajstić information content (AvgIpc) is 3.31. The number of rotatable bonds is 3. The molecule has 2 spiro atoms. The molecule has 2 atom stereocenters. The zero-order valence-electron chi connectivity index (χ0n) is 21.7. The summed E-state index contributed by atoms with van der Waals surface area (Å²) in [5, 5.41) is 0.581. The van der Waals surface area contributed by atoms with Gasteiger partial charge >= 0.3 is 6.09 Å². The van der Waals surface area contributed by atoms with Crippen LogP contribution in [0.5, 0.6) is 0 Å². The number of fused-ring (bicyclic) bond motifs is 3. The molecule has 198 valence electrons. The van der Waals surface area contributed by atoms with Crippen LogP contribution in [0, 0.1) is 0 Å². The van der Waals surface area contributed by atoms with Gasteiger partial charge in [-0.2, -0.15) is 0 Å². The van der Waals surface area contributed by atoms with E-state index in [4.69, 9.17) is 26.1 Å². The molecule has 38 heavy (non-hydrogen) atoms. The molecule has 7 rings (SSSR count). The molecule has 10 heteroatoms. The number of ether oxygens (including phenoxy) is 2. The molecule has 2 saturated heterocycles. The van der Waals surface area contributed by atoms with E-state index in [1.54, 1.807) is 17.3 Å². The summed E-state index contributed by atoms with van der Waals surface area (Å²) >= 11 is 6.34. The molecule has 3 fully saturated rings. The normalized spacial score (nSPS) is 25.4. The number of likely N-dealkylation sites (tertiary alicyclic amines) is 1. The first kappa shape index (κ1) is 23.9. The zero-order chi connectivity index (χ0) is 26.4. The Morgan fingerprint density at radius 3 is 2.76 bits per heavy atom. The van der Waals surface area contributed by atoms with Crippen molar-refractivity contribution in [2.24, 2.45) is 0 Å². The molecule has 2 aromatic heterocycles. The van der Waals surface area contributed by atoms with Crippen LogP contribution in [0.25, 0.3) is 11.0 Å². The lowest BCUT2D eigenvalue weighted by atomic mass is 9.89. The maximum atomic E-state index is 13.6. The van der Waals surface area contributed by atoms with Gasteiger partial charge in [-0.05, 0) is 76.3 Å². The quantitative estimate of drug-likeness (QED) is 0.471. The highest BCUT2D eigenvalue weighted by Crippen LogP contribution is 2.57. The summed E-state index contributed by atoms with van der Waals surface area (Å²) in [5.74, 6) is 0.779. The van der Waals surface area contributed by atoms with Gasteiger partial charge in [0.05, 0.1) is 41.5 Å². The van der Waals surface area contributed by atoms with Gasteiger partial charge < -0.3 is 14.4 Å². The molecular formula is C28H30ClN5O4. The predicted molar refractivity (Wildman–Crippen MR) is 141 cm³/mol. The summed E-state index contributed by atoms with van der Waals surface area (Å²) in [7, 11) is 0. The molecular weight excluding hydrogens is 506 g/mol. The Hall–Kier alpha value is -3.17. The number of anilines is 1. The van der Waals surface area contributed by atoms with Gasteiger partial charge in [-0.25, -0.2) is 9.78 Å². The van der Waals surface area contributed by atoms with Gasteiger partial charge in [0, 0.05) is 17.8 Å². The lowest BCUT2D eigenvalue weighted by Gasteiger charge is -2.52. The molecule has 5 heterocycles. The monoisotopic (exact) mass is 535 g/mol. The lowest BCUT2D eigenvalue weighted by molar-refractivity contribution is -0.220. The molecule has 3 aliphatic heterocycles. The van der Waals surface area contributed by atoms with Crippen molar-refractivity contribution in [1.29, 1.82) is 0 Å². The SMILES string of the molecule is CC(C)(C)OC(=O)N1CCCC12COC2n1c(CN2C(=O)C3(CC3)c3ccncc32)nc2cc(Cl)ccc21. The molecule has 9 nitrogen and oxygen atoms in total. The first-order chi connectivity index (χ1) is 18.1. The van der Waals surface area contributed by atoms with Crippen molar-refractivity contribution in [3.8, 4) is 0 Å². The number of nitrogens with zero attached hydrogens (tertiary/aromatic N) is 5. The topological polar surface area (TPSA) is 89.8 Å². The van der Waals surface area contributed by atoms with E-state index in [0.29, 0.717) is 24.0 Å². The summed E-state index contributed by atoms with van der Waals surface area (Å²) < 4.78 is 14.1. The highest BCUT2D eigenvalue weighted by atomic mass is 35.5. The van der Waals surface area contributed by atoms with Crippen molar-refractivity contribution in [1.82, 2.24) is 19.4 Å². The summed E-state index contributed by atoms with van der Waals surface area (Å²) in [6.07, 6.45) is 6.09. The first-order valence-corrected chi connectivity index (χ1v) is 13.6. The van der Waals surface area contributed by atoms with Gasteiger partial charge in [-0.15, -0.1) is 0 Å². The van der Waals surface area contributed by atoms with Gasteiger partial charge in [-0.1, -0.05) is 11.6 Å². The number of pyridine rings is 1. The van der Waals surface area contributed by atoms with E-state index in [9.17, 15) is 9.59 Å². The minimum absolute atomic E-state index is 0.0950. The van der Waals surface area contributed by atoms with Gasteiger partial charge in [0.25, 0.3) is 0 Å². The third-order valence-corrected chi connectivity index (χ3v) is 8.60. The number of imidazole rings is 1. The van der Waals surface area contributed by atoms with Crippen LogP contribution in [-0.4, -0.2) is 55.7 Å². The minimum Gasteiger partial charge on any atom is -0.444 e. The van der Waals surface area contributed by atoms with Crippen LogP contribution in [0.1, 0.15) is 64.1 Å². The van der Waals surface area contributed by atoms with Gasteiger partial charge in [-0.3, -0.25) is 19.2 Å². The zero-order valence-corrected chi connectivity index (χ0v) is 22.5. The van der Waals surface area contributed by atoms with E-state index in [1.165, 1.54) is 0 Å². The van der Waals surface area contributed by atoms with Crippen LogP contribution in [-0.2, 0) is 26.2 Å². The van der Waals surface area contributed by atoms with E-state index in [0.717, 1.165) is 48.0 Å². The fourth-order valence-corrected chi connectivity index (χ4v) is 6.62. The highest BCUT2D eigenvalue weighted by Gasteiger charge is 2.61. The number of amides is 2. The maximum absolute atomic E-state index is 13.6. The largest absolute Gasteiger partial charge is 0.444 e. The van der Waals surface area contributed by atoms with E-state index >= 15 is 0 Å². The molecule has 0 bridgehead atoms. The van der Waals surface area contributed by atoms with Crippen molar-refractivity contribution >= 4 is 40.3 Å². The third-order valence-electron chi connectivity index (χ3n) is 8.36. The molecule has 1 saturated carbocycles. The predicted octanol–water partition coefficient (Wildman–Crippen LogP) is 4.96. The molecule has 4 aliphatic rings. The Morgan fingerprint density at radius 1 is 1.24 bits per heavy atom. The number of hydrogen-bond acceptors (Lipinski definition) is 6. The smallest absolute Gasteiger partial charge is 0.410 e. The number of benzene rings is 1. The van der Waals surface area contributed by atoms with E-state index in [2.05, 4.69) is 9.55 Å². The van der Waals surface area contributed by atoms with E-state index in [1.807, 2.05) is 49.9 Å². The Balaban J connectivity index is 1.30. The van der Waals surface area contributed by atoms with E-state index in [-0.39, 0.29) is 18.5 Å². The van der Waals surface area contributed by atoms with Crippen molar-refractivity contribution in [2.45, 2.75) is 75.8 Å². The van der Waals surface area contributed by atoms with Crippen molar-refractivity contribution in [3.05, 3.63) is 53.1 Å². The molecule has 1 aliphatic carbocycles. The van der Waals surface area contributed by atoms with Crippen molar-refractivity contribution in [3.63, 3.8) is 0 Å². The number of halogens is 1. The molecule has 3 aromatic rings. The highest BCUT2D eigenvalue weighted by molar-refractivity contribution is 6.31. The fourth-order valence-electron chi connectivity index (χ4n) is 6.45. The molecule has 2 amide bonds. The van der Waals surface area contributed by atoms with Gasteiger partial charge in [0.1, 0.15) is 17.0 Å². The Bertz CT molecular complexity index is 1490. The second-order valence-corrected chi connectivity index (χ2v) is 12.3. The van der Waals surface area contributed by atoms with Gasteiger partial charge in [0.15, 0.2) is 6.23 Å². The van der Waals surface area contributed by atoms with Crippen molar-refractivity contribution in [2.75, 3.05) is 18.1 Å². The third kappa shape index (κ3) is 3.34. The summed E-state index contributed by atoms with van der Waals surface area (Å²) in [4.78, 5) is 39.8. The van der Waals surface area contributed by atoms with Crippen LogP contribution < -0.4 is 4.90 Å². The summed E-state index contributed by atoms with van der Waals surface area (Å²) in [6, 6.07) is 7.55. The average molecular weight is 536 g/mol. The molecule has 0 radical (unpaired) electrons. The Morgan fingerprint density at radius 2 is 2.05 bits per heavy atom. The standard InChI is InChI=1S/C28H30ClN5O4/c1-26(2,3)38-25(36)33-12-4-8-28(33)16-37-24(28)34-20-6-5-17(29)13-19(20)31-22(34)15-32-21-14-30-11-7-18(21)27(9-10-27)23(32)35/h5-7,11,13-14,24H,4,8-10,12,15-16H2,1-3H3. The number of hydrogen-bond donors (Lipinski definition) is 0. The number of carbonyl (C=O) groups excluding carboxylic acids is 2. The second kappa shape index (κ2) is 7.93. The van der Waals surface area contributed by atoms with Crippen LogP contribution in [0.3, 0.4) is 0 Å². The van der Waals surface area contributed by atoms with Crippen LogP contribution >= 0.6 is 11.6 Å². The summed E-state index contributed by atoms with van der Waals surface area (Å²) in [6.45, 7) is 6.92. The van der Waals surface area contributed by atoms with Gasteiger partial charge in [0.2, 0.25) is 5.91 Å². The first-order valence-electron chi connectivity index (χ1n) is 13.2. The maximum Gasteiger partial charge on any atom is 0.410 e. The van der Waals surface area contributed by atoms with Crippen molar-refractivity contribution < 1.29 is 19.1 Å². The van der Waals surface area contributed by atoms with Crippen LogP contribution in [0.4, 0.5) is 10.5 Å². The minimum atomic E-state index is -0.596. The Labute approximate surface area is 225 Å². The fraction of sp³-hybridized carbons (Fsp3) is 0.500.